The molecule has 0 aliphatic heterocycles. The van der Waals surface area contributed by atoms with Crippen molar-refractivity contribution in [2.75, 3.05) is 7.11 Å². The summed E-state index contributed by atoms with van der Waals surface area (Å²) in [5.74, 6) is -1.57. The van der Waals surface area contributed by atoms with Crippen molar-refractivity contribution in [3.63, 3.8) is 0 Å². The van der Waals surface area contributed by atoms with E-state index in [-0.39, 0.29) is 11.1 Å². The summed E-state index contributed by atoms with van der Waals surface area (Å²) in [6.07, 6.45) is 5.22. The maximum Gasteiger partial charge on any atom is 0.354 e. The monoisotopic (exact) mass is 354 g/mol. The average Bonchev–Trinajstić information content (AvgIpc) is 2.98. The fourth-order valence-corrected chi connectivity index (χ4v) is 3.53. The molecule has 1 rings (SSSR count). The molecule has 3 atom stereocenters. The molecule has 0 aromatic carbocycles. The molecule has 25 heavy (non-hydrogen) atoms. The second-order valence-electron chi connectivity index (χ2n) is 7.70. The Balaban J connectivity index is 2.81. The van der Waals surface area contributed by atoms with Crippen LogP contribution in [0.2, 0.25) is 0 Å². The van der Waals surface area contributed by atoms with Gasteiger partial charge in [-0.05, 0) is 36.5 Å². The summed E-state index contributed by atoms with van der Waals surface area (Å²) >= 11 is 0. The van der Waals surface area contributed by atoms with Crippen LogP contribution in [0.15, 0.2) is 11.8 Å². The van der Waals surface area contributed by atoms with Gasteiger partial charge in [0, 0.05) is 0 Å². The second-order valence-corrected chi connectivity index (χ2v) is 7.70. The number of carbonyl (C=O) groups excluding carboxylic acids is 2. The minimum atomic E-state index is -1.22. The highest BCUT2D eigenvalue weighted by Gasteiger charge is 2.35. The van der Waals surface area contributed by atoms with Gasteiger partial charge in [0.05, 0.1) is 19.6 Å². The Kier molecular flexibility index (Phi) is 7.60. The van der Waals surface area contributed by atoms with Crippen LogP contribution in [0.4, 0.5) is 0 Å². The lowest BCUT2D eigenvalue weighted by molar-refractivity contribution is -0.139. The number of carboxylic acids is 1. The number of hydrogen-bond acceptors (Lipinski definition) is 5. The molecular weight excluding hydrogens is 324 g/mol. The highest BCUT2D eigenvalue weighted by molar-refractivity contribution is 5.96. The molecule has 142 valence electrons. The molecule has 0 bridgehead atoms. The molecular formula is C18H30N2O5. The van der Waals surface area contributed by atoms with Crippen molar-refractivity contribution in [1.29, 1.82) is 0 Å². The second kappa shape index (κ2) is 8.99. The van der Waals surface area contributed by atoms with Gasteiger partial charge in [-0.15, -0.1) is 0 Å². The quantitative estimate of drug-likeness (QED) is 0.474. The van der Waals surface area contributed by atoms with Crippen molar-refractivity contribution in [3.05, 3.63) is 11.8 Å². The van der Waals surface area contributed by atoms with E-state index in [1.54, 1.807) is 6.08 Å². The standard InChI is InChI=1S/C18H30N2O5/c1-18(2,3)12-7-5-6-11(12)8-9-14(17(24)25-4)20-16(23)13(19)10-15(21)22/h9,11-13H,5-8,10,19H2,1-4H3,(H,20,23)(H,21,22)/t11?,12?,13-/m0/s1. The van der Waals surface area contributed by atoms with E-state index >= 15 is 0 Å². The van der Waals surface area contributed by atoms with Gasteiger partial charge in [-0.2, -0.15) is 0 Å². The molecule has 1 aliphatic rings. The van der Waals surface area contributed by atoms with E-state index < -0.39 is 30.3 Å². The third-order valence-electron chi connectivity index (χ3n) is 4.79. The highest BCUT2D eigenvalue weighted by Crippen LogP contribution is 2.45. The minimum absolute atomic E-state index is 0.0212. The number of allylic oxidation sites excluding steroid dienone is 1. The van der Waals surface area contributed by atoms with Gasteiger partial charge < -0.3 is 20.9 Å². The topological polar surface area (TPSA) is 119 Å². The lowest BCUT2D eigenvalue weighted by Crippen LogP contribution is -2.43. The molecule has 0 aromatic heterocycles. The predicted molar refractivity (Wildman–Crippen MR) is 93.4 cm³/mol. The van der Waals surface area contributed by atoms with E-state index in [9.17, 15) is 14.4 Å². The van der Waals surface area contributed by atoms with Crippen LogP contribution in [0.5, 0.6) is 0 Å². The van der Waals surface area contributed by atoms with Crippen molar-refractivity contribution >= 4 is 17.8 Å². The summed E-state index contributed by atoms with van der Waals surface area (Å²) in [7, 11) is 1.23. The Bertz CT molecular complexity index is 536. The summed E-state index contributed by atoms with van der Waals surface area (Å²) in [5, 5.41) is 11.1. The predicted octanol–water partition coefficient (Wildman–Crippen LogP) is 1.81. The van der Waals surface area contributed by atoms with E-state index in [4.69, 9.17) is 15.6 Å². The number of hydrogen-bond donors (Lipinski definition) is 3. The zero-order chi connectivity index (χ0) is 19.2. The number of nitrogens with one attached hydrogen (secondary N) is 1. The maximum atomic E-state index is 12.0. The van der Waals surface area contributed by atoms with E-state index in [2.05, 4.69) is 26.1 Å². The SMILES string of the molecule is COC(=O)C(=CCC1CCCC1C(C)(C)C)NC(=O)[C@@H](N)CC(=O)O. The third-order valence-corrected chi connectivity index (χ3v) is 4.79. The first-order chi connectivity index (χ1) is 11.6. The van der Waals surface area contributed by atoms with Crippen molar-refractivity contribution in [2.45, 2.75) is 58.9 Å². The Morgan fingerprint density at radius 1 is 1.32 bits per heavy atom. The number of nitrogens with two attached hydrogens (primary N) is 1. The number of esters is 1. The molecule has 0 aromatic rings. The summed E-state index contributed by atoms with van der Waals surface area (Å²) in [5.41, 5.74) is 5.74. The van der Waals surface area contributed by atoms with Gasteiger partial charge in [-0.3, -0.25) is 9.59 Å². The number of aliphatic carboxylic acids is 1. The minimum Gasteiger partial charge on any atom is -0.481 e. The molecule has 4 N–H and O–H groups in total. The van der Waals surface area contributed by atoms with Crippen LogP contribution in [-0.4, -0.2) is 36.1 Å². The number of carbonyl (C=O) groups is 3. The number of carboxylic acid groups (broad SMARTS) is 1. The van der Waals surface area contributed by atoms with Crippen LogP contribution >= 0.6 is 0 Å². The zero-order valence-electron chi connectivity index (χ0n) is 15.5. The first kappa shape index (κ1) is 21.2. The molecule has 1 amide bonds. The van der Waals surface area contributed by atoms with Gasteiger partial charge in [0.15, 0.2) is 0 Å². The first-order valence-corrected chi connectivity index (χ1v) is 8.63. The summed E-state index contributed by atoms with van der Waals surface area (Å²) in [6, 6.07) is -1.22. The number of methoxy groups -OCH3 is 1. The number of ether oxygens (including phenoxy) is 1. The largest absolute Gasteiger partial charge is 0.481 e. The van der Waals surface area contributed by atoms with Crippen molar-refractivity contribution in [3.8, 4) is 0 Å². The molecule has 7 heteroatoms. The van der Waals surface area contributed by atoms with Gasteiger partial charge >= 0.3 is 11.9 Å². The lowest BCUT2D eigenvalue weighted by atomic mass is 9.74. The molecule has 1 fully saturated rings. The van der Waals surface area contributed by atoms with Crippen molar-refractivity contribution in [1.82, 2.24) is 5.32 Å². The van der Waals surface area contributed by atoms with Crippen molar-refractivity contribution < 1.29 is 24.2 Å². The zero-order valence-corrected chi connectivity index (χ0v) is 15.5. The van der Waals surface area contributed by atoms with Crippen LogP contribution in [0.25, 0.3) is 0 Å². The number of amides is 1. The Hall–Kier alpha value is -1.89. The summed E-state index contributed by atoms with van der Waals surface area (Å²) in [6.45, 7) is 6.65. The van der Waals surface area contributed by atoms with Gasteiger partial charge in [0.1, 0.15) is 5.70 Å². The molecule has 2 unspecified atom stereocenters. The average molecular weight is 354 g/mol. The fraction of sp³-hybridized carbons (Fsp3) is 0.722. The lowest BCUT2D eigenvalue weighted by Gasteiger charge is -2.32. The van der Waals surface area contributed by atoms with Gasteiger partial charge in [-0.1, -0.05) is 33.3 Å². The van der Waals surface area contributed by atoms with E-state index in [1.165, 1.54) is 7.11 Å². The fourth-order valence-electron chi connectivity index (χ4n) is 3.53. The smallest absolute Gasteiger partial charge is 0.354 e. The van der Waals surface area contributed by atoms with Crippen LogP contribution in [0, 0.1) is 17.3 Å². The van der Waals surface area contributed by atoms with Crippen LogP contribution in [0.1, 0.15) is 52.9 Å². The Morgan fingerprint density at radius 3 is 2.48 bits per heavy atom. The third kappa shape index (κ3) is 6.49. The molecule has 7 nitrogen and oxygen atoms in total. The molecule has 1 saturated carbocycles. The van der Waals surface area contributed by atoms with Gasteiger partial charge in [-0.25, -0.2) is 4.79 Å². The van der Waals surface area contributed by atoms with Crippen LogP contribution < -0.4 is 11.1 Å². The Morgan fingerprint density at radius 2 is 1.96 bits per heavy atom. The normalized spacial score (nSPS) is 22.4. The maximum absolute atomic E-state index is 12.0. The van der Waals surface area contributed by atoms with Crippen LogP contribution in [-0.2, 0) is 19.1 Å². The molecule has 0 radical (unpaired) electrons. The Labute approximate surface area is 149 Å². The summed E-state index contributed by atoms with van der Waals surface area (Å²) < 4.78 is 4.70. The van der Waals surface area contributed by atoms with E-state index in [0.717, 1.165) is 19.3 Å². The van der Waals surface area contributed by atoms with E-state index in [1.807, 2.05) is 0 Å². The molecule has 1 aliphatic carbocycles. The summed E-state index contributed by atoms with van der Waals surface area (Å²) in [4.78, 5) is 34.5. The van der Waals surface area contributed by atoms with Crippen LogP contribution in [0.3, 0.4) is 0 Å². The van der Waals surface area contributed by atoms with E-state index in [0.29, 0.717) is 18.3 Å². The molecule has 0 saturated heterocycles. The van der Waals surface area contributed by atoms with Gasteiger partial charge in [0.25, 0.3) is 0 Å². The van der Waals surface area contributed by atoms with Crippen molar-refractivity contribution in [2.24, 2.45) is 23.0 Å². The molecule has 0 spiro atoms. The highest BCUT2D eigenvalue weighted by atomic mass is 16.5. The first-order valence-electron chi connectivity index (χ1n) is 8.63. The van der Waals surface area contributed by atoms with Gasteiger partial charge in [0.2, 0.25) is 5.91 Å². The number of rotatable bonds is 7. The molecule has 0 heterocycles.